The molecule has 0 aliphatic heterocycles. The molecule has 4 rings (SSSR count). The van der Waals surface area contributed by atoms with E-state index in [4.69, 9.17) is 9.72 Å². The van der Waals surface area contributed by atoms with E-state index in [1.807, 2.05) is 43.3 Å². The quantitative estimate of drug-likeness (QED) is 0.386. The van der Waals surface area contributed by atoms with Crippen LogP contribution in [0.5, 0.6) is 5.75 Å². The molecule has 6 heteroatoms. The monoisotopic (exact) mass is 477 g/mol. The van der Waals surface area contributed by atoms with E-state index in [1.54, 1.807) is 12.1 Å². The van der Waals surface area contributed by atoms with Crippen molar-refractivity contribution in [1.29, 1.82) is 0 Å². The van der Waals surface area contributed by atoms with Crippen LogP contribution in [-0.2, 0) is 13.1 Å². The average molecular weight is 478 g/mol. The predicted octanol–water partition coefficient (Wildman–Crippen LogP) is 5.42. The smallest absolute Gasteiger partial charge is 0.251 e. The van der Waals surface area contributed by atoms with Crippen LogP contribution in [0, 0.1) is 13.8 Å². The Balaban J connectivity index is 1.50. The Labute approximate surface area is 190 Å². The molecule has 1 N–H and O–H groups in total. The Hall–Kier alpha value is -3.12. The number of ether oxygens (including phenoxy) is 1. The molecule has 0 unspecified atom stereocenters. The molecule has 0 fully saturated rings. The Kier molecular flexibility index (Phi) is 6.37. The number of fused-ring (bicyclic) bond motifs is 1. The lowest BCUT2D eigenvalue weighted by atomic mass is 10.1. The van der Waals surface area contributed by atoms with Gasteiger partial charge in [0.25, 0.3) is 5.91 Å². The van der Waals surface area contributed by atoms with E-state index in [0.29, 0.717) is 25.3 Å². The van der Waals surface area contributed by atoms with Gasteiger partial charge in [0, 0.05) is 10.0 Å². The third kappa shape index (κ3) is 4.97. The van der Waals surface area contributed by atoms with E-state index in [2.05, 4.69) is 50.9 Å². The summed E-state index contributed by atoms with van der Waals surface area (Å²) in [6.07, 6.45) is 0. The summed E-state index contributed by atoms with van der Waals surface area (Å²) in [4.78, 5) is 17.3. The van der Waals surface area contributed by atoms with E-state index in [9.17, 15) is 4.79 Å². The lowest BCUT2D eigenvalue weighted by Gasteiger charge is -2.13. The third-order valence-corrected chi connectivity index (χ3v) is 5.64. The summed E-state index contributed by atoms with van der Waals surface area (Å²) in [7, 11) is 0. The number of carbonyl (C=O) groups is 1. The van der Waals surface area contributed by atoms with Crippen molar-refractivity contribution in [2.24, 2.45) is 0 Å². The second kappa shape index (κ2) is 9.35. The van der Waals surface area contributed by atoms with Gasteiger partial charge in [0.1, 0.15) is 18.2 Å². The number of nitrogens with zero attached hydrogens (tertiary/aromatic N) is 2. The van der Waals surface area contributed by atoms with Gasteiger partial charge in [-0.05, 0) is 61.4 Å². The Morgan fingerprint density at radius 2 is 1.90 bits per heavy atom. The lowest BCUT2D eigenvalue weighted by Crippen LogP contribution is -2.25. The molecule has 0 saturated carbocycles. The van der Waals surface area contributed by atoms with Crippen molar-refractivity contribution in [2.45, 2.75) is 26.9 Å². The van der Waals surface area contributed by atoms with E-state index >= 15 is 0 Å². The van der Waals surface area contributed by atoms with Gasteiger partial charge in [-0.1, -0.05) is 46.3 Å². The van der Waals surface area contributed by atoms with Crippen LogP contribution in [-0.4, -0.2) is 22.1 Å². The van der Waals surface area contributed by atoms with Crippen LogP contribution in [0.2, 0.25) is 0 Å². The fourth-order valence-corrected chi connectivity index (χ4v) is 3.91. The van der Waals surface area contributed by atoms with Crippen LogP contribution < -0.4 is 10.1 Å². The molecule has 0 radical (unpaired) electrons. The van der Waals surface area contributed by atoms with E-state index in [-0.39, 0.29) is 5.91 Å². The van der Waals surface area contributed by atoms with Gasteiger partial charge < -0.3 is 14.6 Å². The zero-order valence-electron chi connectivity index (χ0n) is 17.6. The first-order valence-electron chi connectivity index (χ1n) is 10.2. The van der Waals surface area contributed by atoms with Gasteiger partial charge in [-0.3, -0.25) is 4.79 Å². The Morgan fingerprint density at radius 3 is 2.74 bits per heavy atom. The van der Waals surface area contributed by atoms with Gasteiger partial charge in [0.05, 0.1) is 24.1 Å². The molecule has 1 amide bonds. The van der Waals surface area contributed by atoms with Crippen molar-refractivity contribution >= 4 is 32.9 Å². The maximum absolute atomic E-state index is 12.6. The largest absolute Gasteiger partial charge is 0.491 e. The SMILES string of the molecule is Cc1ccc(C)c(OCCn2c(CNC(=O)c3cccc(Br)c3)nc3ccccc32)c1. The van der Waals surface area contributed by atoms with Crippen LogP contribution in [0.25, 0.3) is 11.0 Å². The third-order valence-electron chi connectivity index (χ3n) is 5.14. The van der Waals surface area contributed by atoms with Gasteiger partial charge in [0.2, 0.25) is 0 Å². The van der Waals surface area contributed by atoms with Crippen molar-refractivity contribution < 1.29 is 9.53 Å². The molecule has 1 aromatic heterocycles. The molecule has 31 heavy (non-hydrogen) atoms. The standard InChI is InChI=1S/C25H24BrN3O2/c1-17-10-11-18(2)23(14-17)31-13-12-29-22-9-4-3-8-21(22)28-24(29)16-27-25(30)19-6-5-7-20(26)15-19/h3-11,14-15H,12-13,16H2,1-2H3,(H,27,30). The van der Waals surface area contributed by atoms with Crippen LogP contribution in [0.15, 0.2) is 71.2 Å². The van der Waals surface area contributed by atoms with Gasteiger partial charge >= 0.3 is 0 Å². The lowest BCUT2D eigenvalue weighted by molar-refractivity contribution is 0.0949. The zero-order valence-corrected chi connectivity index (χ0v) is 19.1. The van der Waals surface area contributed by atoms with Gasteiger partial charge in [-0.25, -0.2) is 4.98 Å². The Bertz CT molecular complexity index is 1230. The van der Waals surface area contributed by atoms with Crippen molar-refractivity contribution in [1.82, 2.24) is 14.9 Å². The molecular formula is C25H24BrN3O2. The minimum Gasteiger partial charge on any atom is -0.491 e. The number of nitrogens with one attached hydrogen (secondary N) is 1. The number of imidazole rings is 1. The van der Waals surface area contributed by atoms with Crippen molar-refractivity contribution in [2.75, 3.05) is 6.61 Å². The molecule has 5 nitrogen and oxygen atoms in total. The van der Waals surface area contributed by atoms with Crippen molar-refractivity contribution in [3.63, 3.8) is 0 Å². The molecule has 0 aliphatic rings. The normalized spacial score (nSPS) is 10.9. The number of benzene rings is 3. The molecule has 3 aromatic carbocycles. The minimum absolute atomic E-state index is 0.133. The summed E-state index contributed by atoms with van der Waals surface area (Å²) in [5.74, 6) is 1.56. The number of halogens is 1. The molecule has 1 heterocycles. The van der Waals surface area contributed by atoms with Crippen molar-refractivity contribution in [3.05, 3.63) is 93.7 Å². The summed E-state index contributed by atoms with van der Waals surface area (Å²) in [6.45, 7) is 5.59. The van der Waals surface area contributed by atoms with E-state index in [0.717, 1.165) is 32.6 Å². The highest BCUT2D eigenvalue weighted by Crippen LogP contribution is 2.20. The number of hydrogen-bond donors (Lipinski definition) is 1. The maximum Gasteiger partial charge on any atom is 0.251 e. The Morgan fingerprint density at radius 1 is 1.06 bits per heavy atom. The van der Waals surface area contributed by atoms with Crippen LogP contribution >= 0.6 is 15.9 Å². The van der Waals surface area contributed by atoms with Gasteiger partial charge in [0.15, 0.2) is 0 Å². The number of hydrogen-bond acceptors (Lipinski definition) is 3. The first-order chi connectivity index (χ1) is 15.0. The predicted molar refractivity (Wildman–Crippen MR) is 126 cm³/mol. The van der Waals surface area contributed by atoms with Crippen LogP contribution in [0.1, 0.15) is 27.3 Å². The first kappa shape index (κ1) is 21.1. The first-order valence-corrected chi connectivity index (χ1v) is 11.0. The van der Waals surface area contributed by atoms with E-state index < -0.39 is 0 Å². The summed E-state index contributed by atoms with van der Waals surface area (Å²) < 4.78 is 9.05. The molecule has 0 aliphatic carbocycles. The molecule has 0 spiro atoms. The number of aryl methyl sites for hydroxylation is 2. The molecule has 0 saturated heterocycles. The van der Waals surface area contributed by atoms with Crippen LogP contribution in [0.3, 0.4) is 0 Å². The molecule has 4 aromatic rings. The number of para-hydroxylation sites is 2. The highest BCUT2D eigenvalue weighted by atomic mass is 79.9. The molecule has 158 valence electrons. The summed E-state index contributed by atoms with van der Waals surface area (Å²) in [6, 6.07) is 21.5. The summed E-state index contributed by atoms with van der Waals surface area (Å²) >= 11 is 3.41. The summed E-state index contributed by atoms with van der Waals surface area (Å²) in [5, 5.41) is 2.98. The highest BCUT2D eigenvalue weighted by molar-refractivity contribution is 9.10. The highest BCUT2D eigenvalue weighted by Gasteiger charge is 2.13. The molecular weight excluding hydrogens is 454 g/mol. The summed E-state index contributed by atoms with van der Waals surface area (Å²) in [5.41, 5.74) is 4.82. The average Bonchev–Trinajstić information content (AvgIpc) is 3.12. The van der Waals surface area contributed by atoms with Gasteiger partial charge in [-0.2, -0.15) is 0 Å². The van der Waals surface area contributed by atoms with E-state index in [1.165, 1.54) is 5.56 Å². The topological polar surface area (TPSA) is 56.1 Å². The number of carbonyl (C=O) groups excluding carboxylic acids is 1. The molecule has 0 atom stereocenters. The van der Waals surface area contributed by atoms with Crippen LogP contribution in [0.4, 0.5) is 0 Å². The molecule has 0 bridgehead atoms. The second-order valence-electron chi connectivity index (χ2n) is 7.48. The van der Waals surface area contributed by atoms with Crippen molar-refractivity contribution in [3.8, 4) is 5.75 Å². The maximum atomic E-state index is 12.6. The minimum atomic E-state index is -0.133. The second-order valence-corrected chi connectivity index (χ2v) is 8.39. The zero-order chi connectivity index (χ0) is 21.8. The number of amides is 1. The van der Waals surface area contributed by atoms with Gasteiger partial charge in [-0.15, -0.1) is 0 Å². The number of rotatable bonds is 7. The number of aromatic nitrogens is 2. The fraction of sp³-hybridized carbons (Fsp3) is 0.200. The fourth-order valence-electron chi connectivity index (χ4n) is 3.51.